The van der Waals surface area contributed by atoms with Crippen LogP contribution in [-0.2, 0) is 19.2 Å². The van der Waals surface area contributed by atoms with Gasteiger partial charge in [0.1, 0.15) is 5.60 Å². The molecule has 4 amide bonds. The summed E-state index contributed by atoms with van der Waals surface area (Å²) in [5, 5.41) is 0.364. The highest BCUT2D eigenvalue weighted by molar-refractivity contribution is 6.02. The molecule has 0 radical (unpaired) electrons. The minimum Gasteiger partial charge on any atom is -0.443 e. The number of imide groups is 2. The number of hydroxylamine groups is 2. The van der Waals surface area contributed by atoms with Crippen molar-refractivity contribution < 1.29 is 28.8 Å². The largest absolute Gasteiger partial charge is 0.444 e. The molecule has 0 aromatic carbocycles. The van der Waals surface area contributed by atoms with Gasteiger partial charge in [-0.25, -0.2) is 14.5 Å². The van der Waals surface area contributed by atoms with Crippen LogP contribution in [0.15, 0.2) is 0 Å². The van der Waals surface area contributed by atoms with Gasteiger partial charge in [0, 0.05) is 19.9 Å². The highest BCUT2D eigenvalue weighted by atomic mass is 16.7. The summed E-state index contributed by atoms with van der Waals surface area (Å²) in [5.74, 6) is -1.23. The van der Waals surface area contributed by atoms with Gasteiger partial charge in [-0.3, -0.25) is 9.59 Å². The van der Waals surface area contributed by atoms with Crippen molar-refractivity contribution in [2.24, 2.45) is 0 Å². The fourth-order valence-corrected chi connectivity index (χ4v) is 1.20. The van der Waals surface area contributed by atoms with Crippen molar-refractivity contribution in [3.63, 3.8) is 0 Å². The van der Waals surface area contributed by atoms with E-state index in [9.17, 15) is 19.2 Å². The van der Waals surface area contributed by atoms with Gasteiger partial charge in [-0.1, -0.05) is 0 Å². The van der Waals surface area contributed by atoms with Crippen molar-refractivity contribution in [2.45, 2.75) is 39.2 Å². The average molecular weight is 272 g/mol. The third-order valence-electron chi connectivity index (χ3n) is 2.12. The molecule has 0 aromatic rings. The second-order valence-electron chi connectivity index (χ2n) is 4.98. The van der Waals surface area contributed by atoms with Gasteiger partial charge in [0.05, 0.1) is 0 Å². The van der Waals surface area contributed by atoms with E-state index in [1.165, 1.54) is 0 Å². The predicted octanol–water partition coefficient (Wildman–Crippen LogP) is 1.05. The molecule has 0 bridgehead atoms. The minimum absolute atomic E-state index is 0.0116. The van der Waals surface area contributed by atoms with Crippen molar-refractivity contribution in [3.05, 3.63) is 0 Å². The van der Waals surface area contributed by atoms with Crippen LogP contribution in [-0.4, -0.2) is 46.6 Å². The van der Waals surface area contributed by atoms with Gasteiger partial charge in [-0.15, -0.1) is 5.06 Å². The van der Waals surface area contributed by atoms with Gasteiger partial charge >= 0.3 is 12.2 Å². The van der Waals surface area contributed by atoms with Crippen LogP contribution in [0.3, 0.4) is 0 Å². The first-order valence-electron chi connectivity index (χ1n) is 5.66. The van der Waals surface area contributed by atoms with Gasteiger partial charge in [0.15, 0.2) is 0 Å². The van der Waals surface area contributed by atoms with E-state index in [1.54, 1.807) is 20.8 Å². The molecular formula is C11H16N2O6. The van der Waals surface area contributed by atoms with E-state index < -0.39 is 29.6 Å². The Morgan fingerprint density at radius 2 is 1.58 bits per heavy atom. The number of ether oxygens (including phenoxy) is 1. The molecule has 8 heteroatoms. The second kappa shape index (κ2) is 5.25. The molecule has 106 valence electrons. The van der Waals surface area contributed by atoms with Crippen LogP contribution < -0.4 is 0 Å². The summed E-state index contributed by atoms with van der Waals surface area (Å²) in [6, 6.07) is 0. The molecule has 1 aliphatic heterocycles. The monoisotopic (exact) mass is 272 g/mol. The Morgan fingerprint density at radius 3 is 2.00 bits per heavy atom. The lowest BCUT2D eigenvalue weighted by molar-refractivity contribution is -0.173. The van der Waals surface area contributed by atoms with Crippen molar-refractivity contribution in [1.29, 1.82) is 0 Å². The number of amides is 4. The summed E-state index contributed by atoms with van der Waals surface area (Å²) < 4.78 is 4.94. The third kappa shape index (κ3) is 3.94. The fourth-order valence-electron chi connectivity index (χ4n) is 1.20. The quantitative estimate of drug-likeness (QED) is 0.662. The smallest absolute Gasteiger partial charge is 0.443 e. The van der Waals surface area contributed by atoms with Gasteiger partial charge < -0.3 is 9.57 Å². The molecule has 0 spiro atoms. The maximum absolute atomic E-state index is 11.6. The Hall–Kier alpha value is -2.12. The molecule has 0 unspecified atom stereocenters. The SMILES string of the molecule is CN(C(=O)ON1C(=O)CCC1=O)C(=O)OC(C)(C)C. The summed E-state index contributed by atoms with van der Waals surface area (Å²) in [4.78, 5) is 50.7. The number of hydrogen-bond acceptors (Lipinski definition) is 6. The first-order valence-corrected chi connectivity index (χ1v) is 5.66. The zero-order valence-corrected chi connectivity index (χ0v) is 11.3. The second-order valence-corrected chi connectivity index (χ2v) is 4.98. The van der Waals surface area contributed by atoms with E-state index in [4.69, 9.17) is 4.74 Å². The average Bonchev–Trinajstić information content (AvgIpc) is 2.57. The molecule has 8 nitrogen and oxygen atoms in total. The molecular weight excluding hydrogens is 256 g/mol. The molecule has 1 saturated heterocycles. The van der Waals surface area contributed by atoms with Gasteiger partial charge in [-0.2, -0.15) is 0 Å². The molecule has 1 heterocycles. The summed E-state index contributed by atoms with van der Waals surface area (Å²) in [6.07, 6.45) is -2.11. The fraction of sp³-hybridized carbons (Fsp3) is 0.636. The lowest BCUT2D eigenvalue weighted by atomic mass is 10.2. The standard InChI is InChI=1S/C11H16N2O6/c1-11(2,3)18-9(16)12(4)10(17)19-13-7(14)5-6-8(13)15/h5-6H2,1-4H3. The molecule has 0 aromatic heterocycles. The van der Waals surface area contributed by atoms with E-state index in [1.807, 2.05) is 0 Å². The third-order valence-corrected chi connectivity index (χ3v) is 2.12. The zero-order chi connectivity index (χ0) is 14.8. The topological polar surface area (TPSA) is 93.2 Å². The van der Waals surface area contributed by atoms with E-state index in [0.717, 1.165) is 7.05 Å². The number of carbonyl (C=O) groups is 4. The molecule has 0 saturated carbocycles. The summed E-state index contributed by atoms with van der Waals surface area (Å²) in [7, 11) is 1.13. The number of hydrogen-bond donors (Lipinski definition) is 0. The first kappa shape index (κ1) is 14.9. The van der Waals surface area contributed by atoms with Crippen LogP contribution >= 0.6 is 0 Å². The molecule has 0 atom stereocenters. The van der Waals surface area contributed by atoms with Crippen LogP contribution in [0, 0.1) is 0 Å². The van der Waals surface area contributed by atoms with Gasteiger partial charge in [-0.05, 0) is 20.8 Å². The molecule has 1 fully saturated rings. The molecule has 1 rings (SSSR count). The molecule has 1 aliphatic rings. The molecule has 0 aliphatic carbocycles. The van der Waals surface area contributed by atoms with Crippen LogP contribution in [0.1, 0.15) is 33.6 Å². The van der Waals surface area contributed by atoms with Crippen LogP contribution in [0.5, 0.6) is 0 Å². The van der Waals surface area contributed by atoms with E-state index >= 15 is 0 Å². The number of carbonyl (C=O) groups excluding carboxylic acids is 4. The van der Waals surface area contributed by atoms with Gasteiger partial charge in [0.25, 0.3) is 11.8 Å². The Balaban J connectivity index is 2.60. The van der Waals surface area contributed by atoms with Gasteiger partial charge in [0.2, 0.25) is 0 Å². The Kier molecular flexibility index (Phi) is 4.13. The number of rotatable bonds is 1. The van der Waals surface area contributed by atoms with Crippen molar-refractivity contribution in [3.8, 4) is 0 Å². The minimum atomic E-state index is -1.15. The van der Waals surface area contributed by atoms with E-state index in [0.29, 0.717) is 9.96 Å². The summed E-state index contributed by atoms with van der Waals surface area (Å²) >= 11 is 0. The van der Waals surface area contributed by atoms with Crippen LogP contribution in [0.4, 0.5) is 9.59 Å². The van der Waals surface area contributed by atoms with Crippen molar-refractivity contribution in [1.82, 2.24) is 9.96 Å². The Bertz CT molecular complexity index is 409. The Labute approximate surface area is 110 Å². The highest BCUT2D eigenvalue weighted by Gasteiger charge is 2.35. The lowest BCUT2D eigenvalue weighted by Gasteiger charge is -2.23. The zero-order valence-electron chi connectivity index (χ0n) is 11.3. The maximum Gasteiger partial charge on any atom is 0.444 e. The highest BCUT2D eigenvalue weighted by Crippen LogP contribution is 2.14. The lowest BCUT2D eigenvalue weighted by Crippen LogP contribution is -2.42. The van der Waals surface area contributed by atoms with Crippen LogP contribution in [0.2, 0.25) is 0 Å². The molecule has 0 N–H and O–H groups in total. The van der Waals surface area contributed by atoms with E-state index in [2.05, 4.69) is 4.84 Å². The van der Waals surface area contributed by atoms with Crippen molar-refractivity contribution in [2.75, 3.05) is 7.05 Å². The van der Waals surface area contributed by atoms with Crippen LogP contribution in [0.25, 0.3) is 0 Å². The normalized spacial score (nSPS) is 15.5. The predicted molar refractivity (Wildman–Crippen MR) is 61.6 cm³/mol. The summed E-state index contributed by atoms with van der Waals surface area (Å²) in [5.41, 5.74) is -0.773. The van der Waals surface area contributed by atoms with E-state index in [-0.39, 0.29) is 12.8 Å². The summed E-state index contributed by atoms with van der Waals surface area (Å²) in [6.45, 7) is 4.91. The van der Waals surface area contributed by atoms with Crippen molar-refractivity contribution >= 4 is 24.0 Å². The Morgan fingerprint density at radius 1 is 1.11 bits per heavy atom. The first-order chi connectivity index (χ1) is 8.61. The maximum atomic E-state index is 11.6. The molecule has 19 heavy (non-hydrogen) atoms. The number of nitrogens with zero attached hydrogens (tertiary/aromatic N) is 2.